The molecule has 2 rings (SSSR count). The molecule has 0 spiro atoms. The summed E-state index contributed by atoms with van der Waals surface area (Å²) in [4.78, 5) is 23.3. The van der Waals surface area contributed by atoms with Gasteiger partial charge in [-0.05, 0) is 62.8 Å². The van der Waals surface area contributed by atoms with Gasteiger partial charge in [-0.25, -0.2) is 4.79 Å². The van der Waals surface area contributed by atoms with Crippen molar-refractivity contribution in [2.75, 3.05) is 0 Å². The molecule has 0 aliphatic carbocycles. The maximum Gasteiger partial charge on any atom is 0.331 e. The number of aliphatic carboxylic acids is 1. The molecule has 0 atom stereocenters. The van der Waals surface area contributed by atoms with Crippen LogP contribution in [0.25, 0.3) is 11.1 Å². The summed E-state index contributed by atoms with van der Waals surface area (Å²) in [5.41, 5.74) is 4.13. The Morgan fingerprint density at radius 2 is 1.75 bits per heavy atom. The van der Waals surface area contributed by atoms with Gasteiger partial charge in [0.05, 0.1) is 6.42 Å². The number of esters is 1. The molecule has 0 saturated heterocycles. The van der Waals surface area contributed by atoms with E-state index in [0.717, 1.165) is 5.56 Å². The van der Waals surface area contributed by atoms with Gasteiger partial charge in [0.15, 0.2) is 0 Å². The summed E-state index contributed by atoms with van der Waals surface area (Å²) in [6.45, 7) is 7.36. The van der Waals surface area contributed by atoms with Crippen molar-refractivity contribution in [3.8, 4) is 11.1 Å². The molecule has 4 nitrogen and oxygen atoms in total. The molecule has 4 heteroatoms. The molecular formula is C24H28O4. The minimum absolute atomic E-state index is 0.0758. The first kappa shape index (κ1) is 21.4. The fourth-order valence-corrected chi connectivity index (χ4v) is 3.00. The molecule has 0 bridgehead atoms. The van der Waals surface area contributed by atoms with E-state index in [1.54, 1.807) is 26.8 Å². The van der Waals surface area contributed by atoms with Gasteiger partial charge < -0.3 is 9.84 Å². The van der Waals surface area contributed by atoms with E-state index in [-0.39, 0.29) is 12.0 Å². The third-order valence-electron chi connectivity index (χ3n) is 4.23. The van der Waals surface area contributed by atoms with Crippen LogP contribution >= 0.6 is 0 Å². The molecule has 28 heavy (non-hydrogen) atoms. The highest BCUT2D eigenvalue weighted by Gasteiger charge is 2.19. The second-order valence-corrected chi connectivity index (χ2v) is 7.85. The second-order valence-electron chi connectivity index (χ2n) is 7.85. The predicted octanol–water partition coefficient (Wildman–Crippen LogP) is 5.34. The zero-order valence-electron chi connectivity index (χ0n) is 17.0. The highest BCUT2D eigenvalue weighted by molar-refractivity contribution is 5.92. The van der Waals surface area contributed by atoms with Crippen molar-refractivity contribution in [1.29, 1.82) is 0 Å². The van der Waals surface area contributed by atoms with Crippen molar-refractivity contribution >= 4 is 11.9 Å². The van der Waals surface area contributed by atoms with Crippen LogP contribution in [0.2, 0.25) is 0 Å². The van der Waals surface area contributed by atoms with Gasteiger partial charge in [0.2, 0.25) is 0 Å². The van der Waals surface area contributed by atoms with E-state index in [1.807, 2.05) is 18.2 Å². The highest BCUT2D eigenvalue weighted by Crippen LogP contribution is 2.24. The number of ether oxygens (including phenoxy) is 1. The minimum Gasteiger partial charge on any atom is -0.478 e. The molecular weight excluding hydrogens is 352 g/mol. The Morgan fingerprint density at radius 3 is 2.32 bits per heavy atom. The van der Waals surface area contributed by atoms with Crippen LogP contribution in [0.3, 0.4) is 0 Å². The molecule has 0 heterocycles. The molecule has 0 unspecified atom stereocenters. The van der Waals surface area contributed by atoms with Crippen molar-refractivity contribution in [2.45, 2.75) is 52.6 Å². The Hall–Kier alpha value is -2.88. The first-order valence-corrected chi connectivity index (χ1v) is 9.45. The lowest BCUT2D eigenvalue weighted by atomic mass is 9.97. The van der Waals surface area contributed by atoms with Crippen molar-refractivity contribution in [3.05, 3.63) is 71.3 Å². The predicted molar refractivity (Wildman–Crippen MR) is 111 cm³/mol. The second kappa shape index (κ2) is 9.36. The molecule has 0 amide bonds. The zero-order valence-corrected chi connectivity index (χ0v) is 17.0. The molecule has 1 N–H and O–H groups in total. The van der Waals surface area contributed by atoms with E-state index in [0.29, 0.717) is 12.8 Å². The number of carbonyl (C=O) groups is 2. The largest absolute Gasteiger partial charge is 0.478 e. The first-order valence-electron chi connectivity index (χ1n) is 9.45. The summed E-state index contributed by atoms with van der Waals surface area (Å²) in [7, 11) is 0. The van der Waals surface area contributed by atoms with Gasteiger partial charge >= 0.3 is 11.9 Å². The lowest BCUT2D eigenvalue weighted by Gasteiger charge is -2.19. The van der Waals surface area contributed by atoms with Gasteiger partial charge in [0.1, 0.15) is 5.60 Å². The molecule has 2 aromatic carbocycles. The summed E-state index contributed by atoms with van der Waals surface area (Å²) in [5, 5.41) is 9.35. The number of rotatable bonds is 7. The number of hydrogen-bond acceptors (Lipinski definition) is 3. The van der Waals surface area contributed by atoms with Crippen LogP contribution in [0.5, 0.6) is 0 Å². The lowest BCUT2D eigenvalue weighted by molar-refractivity contribution is -0.155. The fraction of sp³-hybridized carbons (Fsp3) is 0.333. The molecule has 0 aliphatic heterocycles. The van der Waals surface area contributed by atoms with E-state index in [9.17, 15) is 14.7 Å². The topological polar surface area (TPSA) is 63.6 Å². The number of aryl methyl sites for hydroxylation is 2. The van der Waals surface area contributed by atoms with Gasteiger partial charge in [-0.1, -0.05) is 54.6 Å². The number of benzene rings is 2. The monoisotopic (exact) mass is 380 g/mol. The Balaban J connectivity index is 2.02. The van der Waals surface area contributed by atoms with Crippen LogP contribution in [-0.2, 0) is 20.7 Å². The third kappa shape index (κ3) is 6.69. The maximum atomic E-state index is 11.9. The van der Waals surface area contributed by atoms with Crippen LogP contribution < -0.4 is 0 Å². The van der Waals surface area contributed by atoms with Gasteiger partial charge in [0, 0.05) is 5.57 Å². The zero-order chi connectivity index (χ0) is 20.7. The van der Waals surface area contributed by atoms with E-state index in [2.05, 4.69) is 37.3 Å². The van der Waals surface area contributed by atoms with Crippen molar-refractivity contribution in [2.24, 2.45) is 0 Å². The minimum atomic E-state index is -1.08. The molecule has 148 valence electrons. The van der Waals surface area contributed by atoms with Gasteiger partial charge in [0.25, 0.3) is 0 Å². The average molecular weight is 380 g/mol. The van der Waals surface area contributed by atoms with Crippen molar-refractivity contribution in [3.63, 3.8) is 0 Å². The quantitative estimate of drug-likeness (QED) is 0.520. The molecule has 0 aromatic heterocycles. The van der Waals surface area contributed by atoms with Crippen molar-refractivity contribution in [1.82, 2.24) is 0 Å². The summed E-state index contributed by atoms with van der Waals surface area (Å²) < 4.78 is 5.21. The maximum absolute atomic E-state index is 11.9. The van der Waals surface area contributed by atoms with E-state index < -0.39 is 17.5 Å². The van der Waals surface area contributed by atoms with Gasteiger partial charge in [-0.3, -0.25) is 4.79 Å². The van der Waals surface area contributed by atoms with Gasteiger partial charge in [-0.15, -0.1) is 0 Å². The Morgan fingerprint density at radius 1 is 1.07 bits per heavy atom. The lowest BCUT2D eigenvalue weighted by Crippen LogP contribution is -2.24. The van der Waals surface area contributed by atoms with E-state index in [1.165, 1.54) is 16.7 Å². The van der Waals surface area contributed by atoms with Crippen LogP contribution in [0.1, 0.15) is 44.7 Å². The van der Waals surface area contributed by atoms with Crippen LogP contribution in [-0.4, -0.2) is 22.6 Å². The number of carbonyl (C=O) groups excluding carboxylic acids is 1. The normalized spacial score (nSPS) is 11.9. The van der Waals surface area contributed by atoms with E-state index in [4.69, 9.17) is 4.74 Å². The molecule has 0 saturated carbocycles. The number of carboxylic acid groups (broad SMARTS) is 1. The Labute approximate surface area is 166 Å². The van der Waals surface area contributed by atoms with Crippen LogP contribution in [0, 0.1) is 6.92 Å². The van der Waals surface area contributed by atoms with Crippen LogP contribution in [0.15, 0.2) is 60.2 Å². The smallest absolute Gasteiger partial charge is 0.331 e. The summed E-state index contributed by atoms with van der Waals surface area (Å²) in [6, 6.07) is 16.5. The summed E-state index contributed by atoms with van der Waals surface area (Å²) >= 11 is 0. The number of hydrogen-bond donors (Lipinski definition) is 1. The van der Waals surface area contributed by atoms with Crippen LogP contribution in [0.4, 0.5) is 0 Å². The van der Waals surface area contributed by atoms with E-state index >= 15 is 0 Å². The molecule has 0 aliphatic rings. The molecule has 2 aromatic rings. The Kier molecular flexibility index (Phi) is 7.16. The number of allylic oxidation sites excluding steroid dienone is 1. The summed E-state index contributed by atoms with van der Waals surface area (Å²) in [6.07, 6.45) is 2.65. The third-order valence-corrected chi connectivity index (χ3v) is 4.23. The summed E-state index contributed by atoms with van der Waals surface area (Å²) in [5.74, 6) is -1.61. The first-order chi connectivity index (χ1) is 13.2. The molecule has 0 radical (unpaired) electrons. The van der Waals surface area contributed by atoms with Crippen molar-refractivity contribution < 1.29 is 19.4 Å². The molecule has 0 fully saturated rings. The van der Waals surface area contributed by atoms with Gasteiger partial charge in [-0.2, -0.15) is 0 Å². The standard InChI is InChI=1S/C24H28O4/c1-17-15-18(13-14-21(17)19-10-6-5-7-11-19)9-8-12-20(23(26)27)16-22(25)28-24(2,3)4/h5-7,10-15H,8-9,16H2,1-4H3,(H,26,27). The SMILES string of the molecule is Cc1cc(CCC=C(CC(=O)OC(C)(C)C)C(=O)O)ccc1-c1ccccc1. The number of carboxylic acids is 1. The fourth-order valence-electron chi connectivity index (χ4n) is 3.00. The Bertz CT molecular complexity index is 858. The highest BCUT2D eigenvalue weighted by atomic mass is 16.6. The average Bonchev–Trinajstić information content (AvgIpc) is 2.60.